The third kappa shape index (κ3) is 4.25. The van der Waals surface area contributed by atoms with E-state index in [1.54, 1.807) is 0 Å². The van der Waals surface area contributed by atoms with Gasteiger partial charge in [0.15, 0.2) is 5.60 Å². The van der Waals surface area contributed by atoms with E-state index in [2.05, 4.69) is 25.5 Å². The third-order valence-corrected chi connectivity index (χ3v) is 3.57. The van der Waals surface area contributed by atoms with Crippen molar-refractivity contribution in [1.82, 2.24) is 0 Å². The van der Waals surface area contributed by atoms with Gasteiger partial charge in [0, 0.05) is 0 Å². The van der Waals surface area contributed by atoms with E-state index >= 15 is 0 Å². The number of rotatable bonds is 4. The standard InChI is InChI=1S/C14H26O4/c1-10-6-11(8-13(2,3)7-10)18-9-14(4,16)12(15)17-5/h10-11,16H,6-9H2,1-5H3. The molecule has 4 nitrogen and oxygen atoms in total. The van der Waals surface area contributed by atoms with E-state index < -0.39 is 11.6 Å². The van der Waals surface area contributed by atoms with Crippen LogP contribution >= 0.6 is 0 Å². The molecule has 0 radical (unpaired) electrons. The number of carbonyl (C=O) groups is 1. The van der Waals surface area contributed by atoms with E-state index in [-0.39, 0.29) is 18.1 Å². The second-order valence-corrected chi connectivity index (χ2v) is 6.61. The summed E-state index contributed by atoms with van der Waals surface area (Å²) < 4.78 is 10.3. The molecule has 1 fully saturated rings. The predicted octanol–water partition coefficient (Wildman–Crippen LogP) is 2.14. The van der Waals surface area contributed by atoms with Gasteiger partial charge >= 0.3 is 5.97 Å². The van der Waals surface area contributed by atoms with Crippen molar-refractivity contribution in [2.45, 2.75) is 58.7 Å². The number of carbonyl (C=O) groups excluding carboxylic acids is 1. The van der Waals surface area contributed by atoms with Gasteiger partial charge in [0.25, 0.3) is 0 Å². The Bertz CT molecular complexity index is 296. The maximum atomic E-state index is 11.3. The average molecular weight is 258 g/mol. The highest BCUT2D eigenvalue weighted by atomic mass is 16.6. The van der Waals surface area contributed by atoms with Crippen molar-refractivity contribution in [3.05, 3.63) is 0 Å². The van der Waals surface area contributed by atoms with Gasteiger partial charge in [-0.15, -0.1) is 0 Å². The van der Waals surface area contributed by atoms with E-state index in [1.807, 2.05) is 0 Å². The highest BCUT2D eigenvalue weighted by molar-refractivity contribution is 5.78. The molecule has 1 aliphatic carbocycles. The summed E-state index contributed by atoms with van der Waals surface area (Å²) >= 11 is 0. The Labute approximate surface area is 110 Å². The van der Waals surface area contributed by atoms with Crippen molar-refractivity contribution in [2.24, 2.45) is 11.3 Å². The van der Waals surface area contributed by atoms with Crippen LogP contribution in [-0.4, -0.2) is 36.5 Å². The molecule has 3 atom stereocenters. The van der Waals surface area contributed by atoms with Gasteiger partial charge in [-0.2, -0.15) is 0 Å². The molecule has 106 valence electrons. The monoisotopic (exact) mass is 258 g/mol. The molecule has 1 N–H and O–H groups in total. The Kier molecular flexibility index (Phi) is 4.78. The fraction of sp³-hybridized carbons (Fsp3) is 0.929. The van der Waals surface area contributed by atoms with Gasteiger partial charge in [0.05, 0.1) is 19.8 Å². The lowest BCUT2D eigenvalue weighted by Crippen LogP contribution is -2.43. The van der Waals surface area contributed by atoms with Gasteiger partial charge in [0.1, 0.15) is 0 Å². The largest absolute Gasteiger partial charge is 0.467 e. The van der Waals surface area contributed by atoms with E-state index in [4.69, 9.17) is 4.74 Å². The summed E-state index contributed by atoms with van der Waals surface area (Å²) in [5.74, 6) is -0.0348. The molecule has 0 amide bonds. The fourth-order valence-corrected chi connectivity index (χ4v) is 2.94. The van der Waals surface area contributed by atoms with Gasteiger partial charge in [-0.3, -0.25) is 0 Å². The first kappa shape index (κ1) is 15.4. The minimum Gasteiger partial charge on any atom is -0.467 e. The molecule has 0 aromatic heterocycles. The van der Waals surface area contributed by atoms with Crippen molar-refractivity contribution in [2.75, 3.05) is 13.7 Å². The smallest absolute Gasteiger partial charge is 0.339 e. The summed E-state index contributed by atoms with van der Waals surface area (Å²) in [4.78, 5) is 11.3. The van der Waals surface area contributed by atoms with Crippen LogP contribution in [0.2, 0.25) is 0 Å². The van der Waals surface area contributed by atoms with Crippen LogP contribution in [0.3, 0.4) is 0 Å². The average Bonchev–Trinajstić information content (AvgIpc) is 2.22. The Morgan fingerprint density at radius 3 is 2.56 bits per heavy atom. The first-order valence-electron chi connectivity index (χ1n) is 6.59. The van der Waals surface area contributed by atoms with Gasteiger partial charge in [-0.1, -0.05) is 20.8 Å². The molecule has 0 heterocycles. The van der Waals surface area contributed by atoms with Crippen LogP contribution in [0.25, 0.3) is 0 Å². The molecule has 1 saturated carbocycles. The third-order valence-electron chi connectivity index (χ3n) is 3.57. The maximum Gasteiger partial charge on any atom is 0.339 e. The Balaban J connectivity index is 2.50. The molecule has 1 rings (SSSR count). The van der Waals surface area contributed by atoms with Crippen molar-refractivity contribution in [3.63, 3.8) is 0 Å². The first-order valence-corrected chi connectivity index (χ1v) is 6.59. The van der Waals surface area contributed by atoms with Gasteiger partial charge in [-0.05, 0) is 37.5 Å². The second-order valence-electron chi connectivity index (χ2n) is 6.61. The first-order chi connectivity index (χ1) is 8.16. The van der Waals surface area contributed by atoms with Crippen LogP contribution in [0.5, 0.6) is 0 Å². The van der Waals surface area contributed by atoms with Crippen LogP contribution in [-0.2, 0) is 14.3 Å². The highest BCUT2D eigenvalue weighted by Gasteiger charge is 2.36. The van der Waals surface area contributed by atoms with E-state index in [0.29, 0.717) is 5.92 Å². The summed E-state index contributed by atoms with van der Waals surface area (Å²) in [6.45, 7) is 8.11. The molecule has 0 spiro atoms. The zero-order chi connectivity index (χ0) is 14.0. The zero-order valence-electron chi connectivity index (χ0n) is 12.2. The number of hydrogen-bond donors (Lipinski definition) is 1. The lowest BCUT2D eigenvalue weighted by Gasteiger charge is -2.39. The normalized spacial score (nSPS) is 30.6. The number of aliphatic hydroxyl groups is 1. The van der Waals surface area contributed by atoms with Crippen LogP contribution in [0, 0.1) is 11.3 Å². The van der Waals surface area contributed by atoms with Crippen LogP contribution in [0.15, 0.2) is 0 Å². The summed E-state index contributed by atoms with van der Waals surface area (Å²) in [7, 11) is 1.27. The minimum absolute atomic E-state index is 0.00681. The molecule has 1 aliphatic rings. The molecule has 0 bridgehead atoms. The molecule has 0 aromatic rings. The maximum absolute atomic E-state index is 11.3. The number of hydrogen-bond acceptors (Lipinski definition) is 4. The lowest BCUT2D eigenvalue weighted by molar-refractivity contribution is -0.170. The predicted molar refractivity (Wildman–Crippen MR) is 69.2 cm³/mol. The molecular weight excluding hydrogens is 232 g/mol. The van der Waals surface area contributed by atoms with Gasteiger partial charge in [0.2, 0.25) is 0 Å². The Morgan fingerprint density at radius 1 is 1.44 bits per heavy atom. The Hall–Kier alpha value is -0.610. The van der Waals surface area contributed by atoms with Crippen LogP contribution in [0.4, 0.5) is 0 Å². The summed E-state index contributed by atoms with van der Waals surface area (Å²) in [6.07, 6.45) is 3.26. The molecule has 0 aliphatic heterocycles. The van der Waals surface area contributed by atoms with E-state index in [9.17, 15) is 9.90 Å². The van der Waals surface area contributed by atoms with Crippen LogP contribution < -0.4 is 0 Å². The topological polar surface area (TPSA) is 55.8 Å². The minimum atomic E-state index is -1.56. The number of methoxy groups -OCH3 is 1. The highest BCUT2D eigenvalue weighted by Crippen LogP contribution is 2.39. The summed E-state index contributed by atoms with van der Waals surface area (Å²) in [6, 6.07) is 0. The second kappa shape index (κ2) is 5.57. The van der Waals surface area contributed by atoms with Crippen molar-refractivity contribution >= 4 is 5.97 Å². The summed E-state index contributed by atoms with van der Waals surface area (Å²) in [5, 5.41) is 9.91. The quantitative estimate of drug-likeness (QED) is 0.785. The van der Waals surface area contributed by atoms with Crippen molar-refractivity contribution < 1.29 is 19.4 Å². The molecular formula is C14H26O4. The SMILES string of the molecule is COC(=O)C(C)(O)COC1CC(C)CC(C)(C)C1. The van der Waals surface area contributed by atoms with Crippen molar-refractivity contribution in [3.8, 4) is 0 Å². The Morgan fingerprint density at radius 2 is 2.06 bits per heavy atom. The number of ether oxygens (including phenoxy) is 2. The lowest BCUT2D eigenvalue weighted by atomic mass is 9.71. The zero-order valence-corrected chi connectivity index (χ0v) is 12.2. The van der Waals surface area contributed by atoms with Crippen molar-refractivity contribution in [1.29, 1.82) is 0 Å². The molecule has 4 heteroatoms. The molecule has 0 aromatic carbocycles. The van der Waals surface area contributed by atoms with E-state index in [1.165, 1.54) is 20.5 Å². The molecule has 3 unspecified atom stereocenters. The van der Waals surface area contributed by atoms with Crippen LogP contribution in [0.1, 0.15) is 47.0 Å². The van der Waals surface area contributed by atoms with Gasteiger partial charge in [-0.25, -0.2) is 4.79 Å². The summed E-state index contributed by atoms with van der Waals surface area (Å²) in [5.41, 5.74) is -1.29. The molecule has 18 heavy (non-hydrogen) atoms. The van der Waals surface area contributed by atoms with E-state index in [0.717, 1.165) is 12.8 Å². The molecule has 0 saturated heterocycles. The number of esters is 1. The van der Waals surface area contributed by atoms with Gasteiger partial charge < -0.3 is 14.6 Å². The fourth-order valence-electron chi connectivity index (χ4n) is 2.94.